The van der Waals surface area contributed by atoms with E-state index >= 15 is 0 Å². The van der Waals surface area contributed by atoms with Crippen LogP contribution in [0.25, 0.3) is 0 Å². The Morgan fingerprint density at radius 3 is 2.30 bits per heavy atom. The third kappa shape index (κ3) is 3.51. The molecule has 142 valence electrons. The molecule has 1 N–H and O–H groups in total. The SMILES string of the molecule is O=C(NCC1(c2ccccc2)CC1)C1CCCN1S(=O)(=O)c1ccccc1. The normalized spacial score (nSPS) is 21.7. The number of benzene rings is 2. The molecule has 0 radical (unpaired) electrons. The van der Waals surface area contributed by atoms with E-state index in [1.54, 1.807) is 30.3 Å². The first kappa shape index (κ1) is 18.2. The average Bonchev–Trinajstić information content (AvgIpc) is 3.33. The summed E-state index contributed by atoms with van der Waals surface area (Å²) in [5, 5.41) is 3.03. The molecule has 1 unspecified atom stereocenters. The van der Waals surface area contributed by atoms with Gasteiger partial charge < -0.3 is 5.32 Å². The molecule has 0 aromatic heterocycles. The van der Waals surface area contributed by atoms with Crippen molar-refractivity contribution in [2.24, 2.45) is 0 Å². The van der Waals surface area contributed by atoms with Gasteiger partial charge in [-0.3, -0.25) is 4.79 Å². The van der Waals surface area contributed by atoms with E-state index in [2.05, 4.69) is 17.4 Å². The van der Waals surface area contributed by atoms with E-state index in [1.165, 1.54) is 9.87 Å². The van der Waals surface area contributed by atoms with Gasteiger partial charge in [-0.25, -0.2) is 8.42 Å². The molecule has 2 fully saturated rings. The van der Waals surface area contributed by atoms with Crippen LogP contribution < -0.4 is 5.32 Å². The van der Waals surface area contributed by atoms with E-state index in [-0.39, 0.29) is 16.2 Å². The summed E-state index contributed by atoms with van der Waals surface area (Å²) in [5.41, 5.74) is 1.25. The maximum Gasteiger partial charge on any atom is 0.243 e. The number of hydrogen-bond donors (Lipinski definition) is 1. The third-order valence-corrected chi connectivity index (χ3v) is 7.62. The molecule has 2 aromatic carbocycles. The zero-order valence-corrected chi connectivity index (χ0v) is 16.0. The molecule has 1 amide bonds. The summed E-state index contributed by atoms with van der Waals surface area (Å²) in [6, 6.07) is 17.9. The molecule has 1 heterocycles. The van der Waals surface area contributed by atoms with Crippen LogP contribution in [0.1, 0.15) is 31.2 Å². The lowest BCUT2D eigenvalue weighted by molar-refractivity contribution is -0.124. The van der Waals surface area contributed by atoms with E-state index < -0.39 is 16.1 Å². The van der Waals surface area contributed by atoms with Gasteiger partial charge in [0.2, 0.25) is 15.9 Å². The van der Waals surface area contributed by atoms with Crippen molar-refractivity contribution in [3.8, 4) is 0 Å². The largest absolute Gasteiger partial charge is 0.354 e. The first-order valence-electron chi connectivity index (χ1n) is 9.43. The second-order valence-corrected chi connectivity index (χ2v) is 9.34. The predicted octanol–water partition coefficient (Wildman–Crippen LogP) is 2.69. The number of sulfonamides is 1. The predicted molar refractivity (Wildman–Crippen MR) is 104 cm³/mol. The Kier molecular flexibility index (Phi) is 4.78. The highest BCUT2D eigenvalue weighted by Gasteiger charge is 2.45. The molecule has 5 nitrogen and oxygen atoms in total. The van der Waals surface area contributed by atoms with Crippen LogP contribution in [-0.4, -0.2) is 37.8 Å². The first-order valence-corrected chi connectivity index (χ1v) is 10.9. The Labute approximate surface area is 160 Å². The van der Waals surface area contributed by atoms with Gasteiger partial charge in [0.25, 0.3) is 0 Å². The fourth-order valence-electron chi connectivity index (χ4n) is 3.90. The minimum absolute atomic E-state index is 0.0126. The van der Waals surface area contributed by atoms with Crippen molar-refractivity contribution in [1.29, 1.82) is 0 Å². The quantitative estimate of drug-likeness (QED) is 0.833. The number of carbonyl (C=O) groups is 1. The number of rotatable bonds is 6. The smallest absolute Gasteiger partial charge is 0.243 e. The lowest BCUT2D eigenvalue weighted by Gasteiger charge is -2.25. The maximum atomic E-state index is 12.9. The van der Waals surface area contributed by atoms with E-state index in [0.717, 1.165) is 12.8 Å². The molecule has 1 aliphatic heterocycles. The Morgan fingerprint density at radius 1 is 1.04 bits per heavy atom. The number of hydrogen-bond acceptors (Lipinski definition) is 3. The number of carbonyl (C=O) groups excluding carboxylic acids is 1. The lowest BCUT2D eigenvalue weighted by Crippen LogP contribution is -2.47. The van der Waals surface area contributed by atoms with Crippen molar-refractivity contribution in [2.75, 3.05) is 13.1 Å². The standard InChI is InChI=1S/C21H24N2O3S/c24-20(22-16-21(13-14-21)17-8-3-1-4-9-17)19-12-7-15-23(19)27(25,26)18-10-5-2-6-11-18/h1-6,8-11,19H,7,12-16H2,(H,22,24). The van der Waals surface area contributed by atoms with Gasteiger partial charge in [-0.05, 0) is 43.4 Å². The molecule has 1 saturated carbocycles. The molecule has 1 atom stereocenters. The van der Waals surface area contributed by atoms with E-state index in [4.69, 9.17) is 0 Å². The molecule has 6 heteroatoms. The van der Waals surface area contributed by atoms with Crippen LogP contribution in [0.5, 0.6) is 0 Å². The van der Waals surface area contributed by atoms with Crippen LogP contribution in [0.4, 0.5) is 0 Å². The number of nitrogens with one attached hydrogen (secondary N) is 1. The molecule has 1 aliphatic carbocycles. The van der Waals surface area contributed by atoms with Crippen molar-refractivity contribution in [3.05, 3.63) is 66.2 Å². The van der Waals surface area contributed by atoms with Crippen LogP contribution in [-0.2, 0) is 20.2 Å². The zero-order chi connectivity index (χ0) is 18.9. The lowest BCUT2D eigenvalue weighted by atomic mass is 9.96. The second kappa shape index (κ2) is 7.09. The average molecular weight is 385 g/mol. The summed E-state index contributed by atoms with van der Waals surface area (Å²) in [6.45, 7) is 0.949. The van der Waals surface area contributed by atoms with Crippen molar-refractivity contribution in [3.63, 3.8) is 0 Å². The van der Waals surface area contributed by atoms with Crippen molar-refractivity contribution in [2.45, 2.75) is 42.0 Å². The Balaban J connectivity index is 1.46. The summed E-state index contributed by atoms with van der Waals surface area (Å²) in [6.07, 6.45) is 3.37. The molecule has 4 rings (SSSR count). The fraction of sp³-hybridized carbons (Fsp3) is 0.381. The molecule has 2 aromatic rings. The van der Waals surface area contributed by atoms with Gasteiger partial charge in [0.15, 0.2) is 0 Å². The van der Waals surface area contributed by atoms with Gasteiger partial charge in [-0.1, -0.05) is 48.5 Å². The molecular formula is C21H24N2O3S. The molecule has 2 aliphatic rings. The van der Waals surface area contributed by atoms with Crippen LogP contribution in [0.15, 0.2) is 65.6 Å². The minimum atomic E-state index is -3.65. The van der Waals surface area contributed by atoms with Crippen LogP contribution in [0.3, 0.4) is 0 Å². The molecule has 0 spiro atoms. The van der Waals surface area contributed by atoms with Crippen molar-refractivity contribution < 1.29 is 13.2 Å². The Morgan fingerprint density at radius 2 is 1.67 bits per heavy atom. The fourth-order valence-corrected chi connectivity index (χ4v) is 5.58. The van der Waals surface area contributed by atoms with Crippen molar-refractivity contribution in [1.82, 2.24) is 9.62 Å². The summed E-state index contributed by atoms with van der Waals surface area (Å²) in [5.74, 6) is -0.186. The van der Waals surface area contributed by atoms with Crippen LogP contribution in [0, 0.1) is 0 Å². The van der Waals surface area contributed by atoms with Crippen molar-refractivity contribution >= 4 is 15.9 Å². The van der Waals surface area contributed by atoms with Gasteiger partial charge in [-0.2, -0.15) is 4.31 Å². The van der Waals surface area contributed by atoms with Gasteiger partial charge in [0.1, 0.15) is 6.04 Å². The first-order chi connectivity index (χ1) is 13.0. The summed E-state index contributed by atoms with van der Waals surface area (Å²) < 4.78 is 27.2. The summed E-state index contributed by atoms with van der Waals surface area (Å²) >= 11 is 0. The van der Waals surface area contributed by atoms with Crippen LogP contribution >= 0.6 is 0 Å². The zero-order valence-electron chi connectivity index (χ0n) is 15.2. The topological polar surface area (TPSA) is 66.5 Å². The summed E-state index contributed by atoms with van der Waals surface area (Å²) in [4.78, 5) is 13.1. The molecule has 1 saturated heterocycles. The van der Waals surface area contributed by atoms with Gasteiger partial charge >= 0.3 is 0 Å². The highest BCUT2D eigenvalue weighted by Crippen LogP contribution is 2.47. The minimum Gasteiger partial charge on any atom is -0.354 e. The molecule has 27 heavy (non-hydrogen) atoms. The van der Waals surface area contributed by atoms with E-state index in [1.807, 2.05) is 18.2 Å². The van der Waals surface area contributed by atoms with E-state index in [9.17, 15) is 13.2 Å². The van der Waals surface area contributed by atoms with E-state index in [0.29, 0.717) is 25.9 Å². The Bertz CT molecular complexity index is 909. The van der Waals surface area contributed by atoms with Gasteiger partial charge in [-0.15, -0.1) is 0 Å². The molecular weight excluding hydrogens is 360 g/mol. The highest BCUT2D eigenvalue weighted by atomic mass is 32.2. The Hall–Kier alpha value is -2.18. The monoisotopic (exact) mass is 384 g/mol. The van der Waals surface area contributed by atoms with Gasteiger partial charge in [0, 0.05) is 18.5 Å². The molecule has 0 bridgehead atoms. The van der Waals surface area contributed by atoms with Crippen LogP contribution in [0.2, 0.25) is 0 Å². The van der Waals surface area contributed by atoms with Gasteiger partial charge in [0.05, 0.1) is 4.90 Å². The highest BCUT2D eigenvalue weighted by molar-refractivity contribution is 7.89. The maximum absolute atomic E-state index is 12.9. The number of amides is 1. The number of nitrogens with zero attached hydrogens (tertiary/aromatic N) is 1. The second-order valence-electron chi connectivity index (χ2n) is 7.45. The third-order valence-electron chi connectivity index (χ3n) is 5.70. The summed E-state index contributed by atoms with van der Waals surface area (Å²) in [7, 11) is -3.65.